The van der Waals surface area contributed by atoms with E-state index in [0.717, 1.165) is 5.56 Å². The van der Waals surface area contributed by atoms with Gasteiger partial charge in [-0.1, -0.05) is 29.3 Å². The second-order valence-electron chi connectivity index (χ2n) is 7.13. The summed E-state index contributed by atoms with van der Waals surface area (Å²) in [5.41, 5.74) is 2.43. The van der Waals surface area contributed by atoms with Crippen LogP contribution in [0.25, 0.3) is 11.3 Å². The molecular weight excluding hydrogens is 493 g/mol. The molecule has 4 rings (SSSR count). The number of aliphatic hydroxyl groups is 1. The lowest BCUT2D eigenvalue weighted by atomic mass is 10.2. The highest BCUT2D eigenvalue weighted by Gasteiger charge is 2.20. The Hall–Kier alpha value is -3.73. The lowest BCUT2D eigenvalue weighted by Crippen LogP contribution is -2.03. The molecule has 180 valence electrons. The highest BCUT2D eigenvalue weighted by atomic mass is 35.5. The van der Waals surface area contributed by atoms with Crippen LogP contribution in [0.5, 0.6) is 11.5 Å². The van der Waals surface area contributed by atoms with Gasteiger partial charge in [-0.15, -0.1) is 0 Å². The Labute approximate surface area is 211 Å². The van der Waals surface area contributed by atoms with Gasteiger partial charge >= 0.3 is 0 Å². The fraction of sp³-hybridized carbons (Fsp3) is 0.174. The van der Waals surface area contributed by atoms with Crippen LogP contribution in [0.1, 0.15) is 5.56 Å². The van der Waals surface area contributed by atoms with Crippen LogP contribution in [0.2, 0.25) is 10.0 Å². The van der Waals surface area contributed by atoms with Gasteiger partial charge in [0.1, 0.15) is 51.7 Å². The van der Waals surface area contributed by atoms with Gasteiger partial charge in [0.25, 0.3) is 0 Å². The van der Waals surface area contributed by atoms with Crippen LogP contribution in [0.3, 0.4) is 0 Å². The highest BCUT2D eigenvalue weighted by Crippen LogP contribution is 2.45. The van der Waals surface area contributed by atoms with Crippen molar-refractivity contribution in [3.05, 3.63) is 64.9 Å². The molecule has 1 aromatic carbocycles. The molecule has 0 saturated carbocycles. The number of nitrogens with one attached hydrogen (secondary N) is 2. The molecule has 0 aliphatic carbocycles. The number of anilines is 4. The number of rotatable bonds is 9. The summed E-state index contributed by atoms with van der Waals surface area (Å²) in [6, 6.07) is 7.04. The first-order valence-corrected chi connectivity index (χ1v) is 11.1. The van der Waals surface area contributed by atoms with Gasteiger partial charge in [-0.2, -0.15) is 0 Å². The minimum atomic E-state index is 0.0677. The Balaban J connectivity index is 1.65. The lowest BCUT2D eigenvalue weighted by molar-refractivity contribution is 0.299. The van der Waals surface area contributed by atoms with E-state index in [1.807, 2.05) is 12.1 Å². The van der Waals surface area contributed by atoms with Crippen molar-refractivity contribution in [1.29, 1.82) is 0 Å². The van der Waals surface area contributed by atoms with Crippen molar-refractivity contribution in [2.45, 2.75) is 6.42 Å². The Morgan fingerprint density at radius 3 is 2.29 bits per heavy atom. The van der Waals surface area contributed by atoms with E-state index in [2.05, 4.69) is 35.6 Å². The number of pyridine rings is 1. The zero-order chi connectivity index (χ0) is 24.8. The molecule has 35 heavy (non-hydrogen) atoms. The maximum atomic E-state index is 9.06. The number of hydrogen-bond acceptors (Lipinski definition) is 10. The second kappa shape index (κ2) is 11.1. The van der Waals surface area contributed by atoms with Gasteiger partial charge in [0, 0.05) is 31.1 Å². The van der Waals surface area contributed by atoms with E-state index in [-0.39, 0.29) is 16.7 Å². The zero-order valence-corrected chi connectivity index (χ0v) is 20.3. The third-order valence-corrected chi connectivity index (χ3v) is 5.70. The first-order chi connectivity index (χ1) is 17.0. The first kappa shape index (κ1) is 24.4. The molecule has 4 aromatic rings. The number of hydrogen-bond donors (Lipinski definition) is 3. The minimum absolute atomic E-state index is 0.0677. The molecule has 12 heteroatoms. The summed E-state index contributed by atoms with van der Waals surface area (Å²) in [6.07, 6.45) is 6.67. The Bertz CT molecular complexity index is 1300. The van der Waals surface area contributed by atoms with Gasteiger partial charge in [-0.25, -0.2) is 24.9 Å². The molecule has 0 spiro atoms. The normalized spacial score (nSPS) is 10.7. The summed E-state index contributed by atoms with van der Waals surface area (Å²) in [6.45, 7) is 0.0677. The average molecular weight is 514 g/mol. The summed E-state index contributed by atoms with van der Waals surface area (Å²) in [5.74, 6) is 2.30. The van der Waals surface area contributed by atoms with Crippen LogP contribution < -0.4 is 20.1 Å². The van der Waals surface area contributed by atoms with Crippen LogP contribution in [-0.2, 0) is 6.42 Å². The van der Waals surface area contributed by atoms with Crippen molar-refractivity contribution < 1.29 is 14.6 Å². The van der Waals surface area contributed by atoms with Gasteiger partial charge in [0.2, 0.25) is 0 Å². The molecule has 0 radical (unpaired) electrons. The maximum absolute atomic E-state index is 9.06. The second-order valence-corrected chi connectivity index (χ2v) is 7.89. The van der Waals surface area contributed by atoms with Crippen LogP contribution in [0, 0.1) is 0 Å². The number of halogens is 2. The topological polar surface area (TPSA) is 127 Å². The molecule has 0 bridgehead atoms. The molecule has 10 nitrogen and oxygen atoms in total. The quantitative estimate of drug-likeness (QED) is 0.290. The van der Waals surface area contributed by atoms with E-state index in [1.54, 1.807) is 24.5 Å². The van der Waals surface area contributed by atoms with Gasteiger partial charge in [-0.3, -0.25) is 0 Å². The van der Waals surface area contributed by atoms with Crippen molar-refractivity contribution in [3.8, 4) is 22.8 Å². The van der Waals surface area contributed by atoms with Gasteiger partial charge in [-0.05, 0) is 18.1 Å². The first-order valence-electron chi connectivity index (χ1n) is 10.4. The lowest BCUT2D eigenvalue weighted by Gasteiger charge is -2.17. The van der Waals surface area contributed by atoms with Crippen molar-refractivity contribution in [1.82, 2.24) is 24.9 Å². The summed E-state index contributed by atoms with van der Waals surface area (Å²) in [7, 11) is 3.00. The Kier molecular flexibility index (Phi) is 7.76. The molecule has 3 aromatic heterocycles. The summed E-state index contributed by atoms with van der Waals surface area (Å²) < 4.78 is 10.7. The molecule has 0 unspecified atom stereocenters. The summed E-state index contributed by atoms with van der Waals surface area (Å²) in [4.78, 5) is 21.5. The van der Waals surface area contributed by atoms with Gasteiger partial charge < -0.3 is 25.2 Å². The molecule has 3 N–H and O–H groups in total. The molecule has 0 fully saturated rings. The van der Waals surface area contributed by atoms with E-state index in [0.29, 0.717) is 52.3 Å². The molecule has 0 atom stereocenters. The van der Waals surface area contributed by atoms with E-state index in [1.165, 1.54) is 26.9 Å². The predicted molar refractivity (Wildman–Crippen MR) is 134 cm³/mol. The Morgan fingerprint density at radius 2 is 1.63 bits per heavy atom. The van der Waals surface area contributed by atoms with Crippen molar-refractivity contribution in [2.75, 3.05) is 31.5 Å². The van der Waals surface area contributed by atoms with E-state index >= 15 is 0 Å². The van der Waals surface area contributed by atoms with Crippen molar-refractivity contribution >= 4 is 46.3 Å². The molecule has 0 aliphatic rings. The summed E-state index contributed by atoms with van der Waals surface area (Å²) >= 11 is 13.0. The number of nitrogens with zero attached hydrogens (tertiary/aromatic N) is 5. The van der Waals surface area contributed by atoms with Crippen LogP contribution in [0.4, 0.5) is 23.1 Å². The molecule has 0 aliphatic heterocycles. The summed E-state index contributed by atoms with van der Waals surface area (Å²) in [5, 5.41) is 15.9. The van der Waals surface area contributed by atoms with E-state index in [4.69, 9.17) is 37.8 Å². The number of aliphatic hydroxyl groups excluding tert-OH is 1. The monoisotopic (exact) mass is 513 g/mol. The van der Waals surface area contributed by atoms with E-state index in [9.17, 15) is 0 Å². The standard InChI is InChI=1S/C23H21Cl2N7O3/c1-34-16-8-17(35-2)21(25)22(20(16)24)32-23-14(10-26-11-30-23)15-7-19(29-12-28-15)31-18-4-3-13(5-6-33)9-27-18/h3-4,7-12,33H,5-6H2,1-2H3,(H,26,30,32)(H,27,28,29,31). The van der Waals surface area contributed by atoms with Crippen LogP contribution in [0.15, 0.2) is 49.3 Å². The Morgan fingerprint density at radius 1 is 0.857 bits per heavy atom. The molecule has 3 heterocycles. The third-order valence-electron chi connectivity index (χ3n) is 4.95. The van der Waals surface area contributed by atoms with Crippen molar-refractivity contribution in [2.24, 2.45) is 0 Å². The fourth-order valence-corrected chi connectivity index (χ4v) is 3.81. The third kappa shape index (κ3) is 5.51. The number of ether oxygens (including phenoxy) is 2. The molecule has 0 amide bonds. The van der Waals surface area contributed by atoms with Gasteiger partial charge in [0.05, 0.1) is 31.2 Å². The average Bonchev–Trinajstić information content (AvgIpc) is 2.88. The molecular formula is C23H21Cl2N7O3. The van der Waals surface area contributed by atoms with Crippen molar-refractivity contribution in [3.63, 3.8) is 0 Å². The van der Waals surface area contributed by atoms with Crippen LogP contribution >= 0.6 is 23.2 Å². The van der Waals surface area contributed by atoms with Gasteiger partial charge in [0.15, 0.2) is 0 Å². The fourth-order valence-electron chi connectivity index (χ4n) is 3.21. The number of methoxy groups -OCH3 is 2. The number of benzene rings is 1. The number of aromatic nitrogens is 5. The predicted octanol–water partition coefficient (Wildman–Crippen LogP) is 4.67. The van der Waals surface area contributed by atoms with E-state index < -0.39 is 0 Å². The maximum Gasteiger partial charge on any atom is 0.143 e. The SMILES string of the molecule is COc1cc(OC)c(Cl)c(Nc2ncncc2-c2cc(Nc3ccc(CCO)cn3)ncn2)c1Cl. The smallest absolute Gasteiger partial charge is 0.143 e. The zero-order valence-electron chi connectivity index (χ0n) is 18.8. The minimum Gasteiger partial charge on any atom is -0.495 e. The molecule has 0 saturated heterocycles. The van der Waals surface area contributed by atoms with Crippen LogP contribution in [-0.4, -0.2) is 50.9 Å². The highest BCUT2D eigenvalue weighted by molar-refractivity contribution is 6.41. The largest absolute Gasteiger partial charge is 0.495 e.